The summed E-state index contributed by atoms with van der Waals surface area (Å²) in [6.45, 7) is 0.415. The molecule has 0 saturated carbocycles. The predicted molar refractivity (Wildman–Crippen MR) is 70.9 cm³/mol. The average Bonchev–Trinajstić information content (AvgIpc) is 2.77. The number of benzene rings is 1. The smallest absolute Gasteiger partial charge is 0.228 e. The number of rotatable bonds is 5. The van der Waals surface area contributed by atoms with E-state index in [4.69, 9.17) is 15.0 Å². The van der Waals surface area contributed by atoms with E-state index in [1.54, 1.807) is 13.2 Å². The Hall–Kier alpha value is -1.31. The summed E-state index contributed by atoms with van der Waals surface area (Å²) in [7, 11) is 1.58. The minimum atomic E-state index is -0.332. The van der Waals surface area contributed by atoms with Gasteiger partial charge in [-0.25, -0.2) is 4.39 Å². The second kappa shape index (κ2) is 6.23. The highest BCUT2D eigenvalue weighted by molar-refractivity contribution is 9.10. The van der Waals surface area contributed by atoms with Gasteiger partial charge in [0, 0.05) is 29.6 Å². The van der Waals surface area contributed by atoms with Crippen LogP contribution in [0.3, 0.4) is 0 Å². The van der Waals surface area contributed by atoms with E-state index in [1.165, 1.54) is 12.1 Å². The highest BCUT2D eigenvalue weighted by Gasteiger charge is 2.14. The van der Waals surface area contributed by atoms with Crippen molar-refractivity contribution in [1.82, 2.24) is 10.1 Å². The molecule has 0 aliphatic heterocycles. The molecule has 0 amide bonds. The maximum absolute atomic E-state index is 13.0. The molecule has 0 radical (unpaired) electrons. The Labute approximate surface area is 118 Å². The third kappa shape index (κ3) is 3.59. The van der Waals surface area contributed by atoms with Crippen LogP contribution in [0.5, 0.6) is 0 Å². The molecule has 19 heavy (non-hydrogen) atoms. The second-order valence-electron chi connectivity index (χ2n) is 4.06. The minimum absolute atomic E-state index is 0.199. The van der Waals surface area contributed by atoms with Crippen LogP contribution in [-0.4, -0.2) is 29.9 Å². The van der Waals surface area contributed by atoms with Crippen molar-refractivity contribution in [2.24, 2.45) is 5.73 Å². The monoisotopic (exact) mass is 329 g/mol. The van der Waals surface area contributed by atoms with Crippen LogP contribution in [0.1, 0.15) is 5.89 Å². The largest absolute Gasteiger partial charge is 0.383 e. The molecule has 7 heteroatoms. The van der Waals surface area contributed by atoms with Crippen LogP contribution in [-0.2, 0) is 11.2 Å². The molecule has 5 nitrogen and oxygen atoms in total. The van der Waals surface area contributed by atoms with Crippen LogP contribution < -0.4 is 5.73 Å². The highest BCUT2D eigenvalue weighted by atomic mass is 79.9. The van der Waals surface area contributed by atoms with E-state index in [1.807, 2.05) is 0 Å². The summed E-state index contributed by atoms with van der Waals surface area (Å²) in [6, 6.07) is 4.08. The molecule has 0 bridgehead atoms. The molecule has 1 unspecified atom stereocenters. The van der Waals surface area contributed by atoms with Gasteiger partial charge >= 0.3 is 0 Å². The predicted octanol–water partition coefficient (Wildman–Crippen LogP) is 2.15. The Morgan fingerprint density at radius 3 is 3.00 bits per heavy atom. The van der Waals surface area contributed by atoms with Crippen molar-refractivity contribution >= 4 is 15.9 Å². The fraction of sp³-hybridized carbons (Fsp3) is 0.333. The standard InChI is InChI=1S/C12H13BrFN3O2/c1-18-6-8(15)5-11-16-12(17-19-11)9-3-2-7(14)4-10(9)13/h2-4,8H,5-6,15H2,1H3. The van der Waals surface area contributed by atoms with Crippen LogP contribution in [0.15, 0.2) is 27.2 Å². The molecule has 0 spiro atoms. The van der Waals surface area contributed by atoms with Gasteiger partial charge in [0.05, 0.1) is 6.61 Å². The van der Waals surface area contributed by atoms with Crippen LogP contribution in [0.25, 0.3) is 11.4 Å². The molecule has 1 heterocycles. The van der Waals surface area contributed by atoms with E-state index < -0.39 is 0 Å². The third-order valence-corrected chi connectivity index (χ3v) is 3.11. The number of ether oxygens (including phenoxy) is 1. The highest BCUT2D eigenvalue weighted by Crippen LogP contribution is 2.26. The van der Waals surface area contributed by atoms with Crippen molar-refractivity contribution in [3.8, 4) is 11.4 Å². The maximum atomic E-state index is 13.0. The Morgan fingerprint density at radius 1 is 1.53 bits per heavy atom. The lowest BCUT2D eigenvalue weighted by Gasteiger charge is -2.05. The zero-order valence-electron chi connectivity index (χ0n) is 10.3. The summed E-state index contributed by atoms with van der Waals surface area (Å²) in [6.07, 6.45) is 0.430. The molecular formula is C12H13BrFN3O2. The number of aromatic nitrogens is 2. The second-order valence-corrected chi connectivity index (χ2v) is 4.91. The quantitative estimate of drug-likeness (QED) is 0.909. The summed E-state index contributed by atoms with van der Waals surface area (Å²) >= 11 is 3.26. The van der Waals surface area contributed by atoms with Gasteiger partial charge in [-0.3, -0.25) is 0 Å². The number of methoxy groups -OCH3 is 1. The normalized spacial score (nSPS) is 12.6. The molecule has 2 N–H and O–H groups in total. The number of nitrogens with two attached hydrogens (primary N) is 1. The first-order valence-electron chi connectivity index (χ1n) is 5.62. The van der Waals surface area contributed by atoms with Gasteiger partial charge in [-0.1, -0.05) is 5.16 Å². The number of halogens is 2. The van der Waals surface area contributed by atoms with E-state index in [0.717, 1.165) is 0 Å². The third-order valence-electron chi connectivity index (χ3n) is 2.46. The SMILES string of the molecule is COCC(N)Cc1nc(-c2ccc(F)cc2Br)no1. The zero-order chi connectivity index (χ0) is 13.8. The molecule has 0 aliphatic rings. The molecule has 0 saturated heterocycles. The van der Waals surface area contributed by atoms with E-state index in [2.05, 4.69) is 26.1 Å². The molecule has 1 aromatic carbocycles. The Bertz CT molecular complexity index is 562. The van der Waals surface area contributed by atoms with Crippen LogP contribution in [0.4, 0.5) is 4.39 Å². The van der Waals surface area contributed by atoms with E-state index in [0.29, 0.717) is 34.8 Å². The van der Waals surface area contributed by atoms with Gasteiger partial charge < -0.3 is 15.0 Å². The molecule has 0 fully saturated rings. The summed E-state index contributed by atoms with van der Waals surface area (Å²) < 4.78 is 23.6. The Balaban J connectivity index is 2.16. The molecule has 1 aromatic heterocycles. The van der Waals surface area contributed by atoms with Gasteiger partial charge in [-0.15, -0.1) is 0 Å². The number of nitrogens with zero attached hydrogens (tertiary/aromatic N) is 2. The zero-order valence-corrected chi connectivity index (χ0v) is 11.9. The molecule has 2 aromatic rings. The summed E-state index contributed by atoms with van der Waals surface area (Å²) in [5.41, 5.74) is 6.47. The summed E-state index contributed by atoms with van der Waals surface area (Å²) in [4.78, 5) is 4.23. The first kappa shape index (κ1) is 14.1. The van der Waals surface area contributed by atoms with Crippen molar-refractivity contribution in [2.75, 3.05) is 13.7 Å². The minimum Gasteiger partial charge on any atom is -0.383 e. The molecule has 102 valence electrons. The molecule has 0 aliphatic carbocycles. The fourth-order valence-corrected chi connectivity index (χ4v) is 2.14. The van der Waals surface area contributed by atoms with Crippen LogP contribution in [0.2, 0.25) is 0 Å². The van der Waals surface area contributed by atoms with Crippen LogP contribution >= 0.6 is 15.9 Å². The summed E-state index contributed by atoms with van der Waals surface area (Å²) in [5, 5.41) is 3.86. The molecule has 2 rings (SSSR count). The molecule has 1 atom stereocenters. The lowest BCUT2D eigenvalue weighted by molar-refractivity contribution is 0.176. The lowest BCUT2D eigenvalue weighted by atomic mass is 10.2. The van der Waals surface area contributed by atoms with Crippen molar-refractivity contribution < 1.29 is 13.7 Å². The van der Waals surface area contributed by atoms with Gasteiger partial charge in [-0.05, 0) is 34.1 Å². The molecular weight excluding hydrogens is 317 g/mol. The number of hydrogen-bond donors (Lipinski definition) is 1. The summed E-state index contributed by atoms with van der Waals surface area (Å²) in [5.74, 6) is 0.490. The Kier molecular flexibility index (Phi) is 4.62. The Morgan fingerprint density at radius 2 is 2.32 bits per heavy atom. The van der Waals surface area contributed by atoms with E-state index >= 15 is 0 Å². The number of hydrogen-bond acceptors (Lipinski definition) is 5. The average molecular weight is 330 g/mol. The maximum Gasteiger partial charge on any atom is 0.228 e. The fourth-order valence-electron chi connectivity index (χ4n) is 1.62. The first-order valence-corrected chi connectivity index (χ1v) is 6.42. The topological polar surface area (TPSA) is 74.2 Å². The van der Waals surface area contributed by atoms with Gasteiger partial charge in [0.15, 0.2) is 0 Å². The first-order chi connectivity index (χ1) is 9.10. The van der Waals surface area contributed by atoms with E-state index in [-0.39, 0.29) is 11.9 Å². The van der Waals surface area contributed by atoms with Gasteiger partial charge in [-0.2, -0.15) is 4.98 Å². The van der Waals surface area contributed by atoms with Gasteiger partial charge in [0.25, 0.3) is 0 Å². The van der Waals surface area contributed by atoms with E-state index in [9.17, 15) is 4.39 Å². The lowest BCUT2D eigenvalue weighted by Crippen LogP contribution is -2.28. The van der Waals surface area contributed by atoms with Crippen molar-refractivity contribution in [1.29, 1.82) is 0 Å². The van der Waals surface area contributed by atoms with Gasteiger partial charge in [0.2, 0.25) is 11.7 Å². The van der Waals surface area contributed by atoms with Crippen molar-refractivity contribution in [3.63, 3.8) is 0 Å². The van der Waals surface area contributed by atoms with Crippen molar-refractivity contribution in [3.05, 3.63) is 34.4 Å². The van der Waals surface area contributed by atoms with Crippen molar-refractivity contribution in [2.45, 2.75) is 12.5 Å². The van der Waals surface area contributed by atoms with Crippen LogP contribution in [0, 0.1) is 5.82 Å². The van der Waals surface area contributed by atoms with Gasteiger partial charge in [0.1, 0.15) is 5.82 Å².